The largest absolute Gasteiger partial charge is 0.481 e. The number of nitrogens with zero attached hydrogens (tertiary/aromatic N) is 1. The predicted molar refractivity (Wildman–Crippen MR) is 65.5 cm³/mol. The number of carboxylic acid groups (broad SMARTS) is 1. The van der Waals surface area contributed by atoms with Crippen molar-refractivity contribution in [1.82, 2.24) is 10.2 Å². The van der Waals surface area contributed by atoms with Gasteiger partial charge in [-0.15, -0.1) is 0 Å². The summed E-state index contributed by atoms with van der Waals surface area (Å²) in [5, 5.41) is 21.6. The maximum absolute atomic E-state index is 12.4. The highest BCUT2D eigenvalue weighted by molar-refractivity contribution is 5.83. The zero-order valence-electron chi connectivity index (χ0n) is 10.9. The first-order chi connectivity index (χ1) is 9.04. The van der Waals surface area contributed by atoms with Gasteiger partial charge in [-0.25, -0.2) is 0 Å². The summed E-state index contributed by atoms with van der Waals surface area (Å²) in [6.07, 6.45) is -0.136. The second-order valence-electron chi connectivity index (χ2n) is 5.02. The normalized spacial score (nSPS) is 34.4. The number of hydrogen-bond donors (Lipinski definition) is 3. The van der Waals surface area contributed by atoms with E-state index in [1.807, 2.05) is 6.92 Å². The first kappa shape index (κ1) is 14.2. The van der Waals surface area contributed by atoms with E-state index in [2.05, 4.69) is 5.32 Å². The summed E-state index contributed by atoms with van der Waals surface area (Å²) in [4.78, 5) is 25.1. The van der Waals surface area contributed by atoms with Crippen molar-refractivity contribution in [1.29, 1.82) is 0 Å². The Kier molecular flexibility index (Phi) is 4.38. The van der Waals surface area contributed by atoms with Gasteiger partial charge in [0.25, 0.3) is 0 Å². The summed E-state index contributed by atoms with van der Waals surface area (Å²) in [7, 11) is 0. The average Bonchev–Trinajstić information content (AvgIpc) is 2.98. The number of aliphatic hydroxyl groups excluding tert-OH is 1. The number of likely N-dealkylation sites (N-methyl/N-ethyl adjacent to an activating group) is 1. The highest BCUT2D eigenvalue weighted by Crippen LogP contribution is 2.22. The van der Waals surface area contributed by atoms with E-state index < -0.39 is 30.1 Å². The van der Waals surface area contributed by atoms with Crippen LogP contribution >= 0.6 is 0 Å². The van der Waals surface area contributed by atoms with Crippen molar-refractivity contribution in [3.05, 3.63) is 0 Å². The van der Waals surface area contributed by atoms with Gasteiger partial charge < -0.3 is 25.2 Å². The number of rotatable bonds is 4. The highest BCUT2D eigenvalue weighted by atomic mass is 16.5. The number of aliphatic hydroxyl groups is 1. The molecule has 2 rings (SSSR count). The van der Waals surface area contributed by atoms with Crippen molar-refractivity contribution in [2.45, 2.75) is 31.5 Å². The maximum atomic E-state index is 12.4. The molecule has 0 radical (unpaired) electrons. The van der Waals surface area contributed by atoms with Gasteiger partial charge in [0.1, 0.15) is 5.92 Å². The molecule has 19 heavy (non-hydrogen) atoms. The summed E-state index contributed by atoms with van der Waals surface area (Å²) in [6.45, 7) is 3.05. The Morgan fingerprint density at radius 2 is 2.16 bits per heavy atom. The molecule has 0 aromatic heterocycles. The monoisotopic (exact) mass is 272 g/mol. The summed E-state index contributed by atoms with van der Waals surface area (Å²) >= 11 is 0. The number of aliphatic carboxylic acids is 1. The molecule has 0 spiro atoms. The molecule has 2 aliphatic rings. The standard InChI is InChI=1S/C12H20N2O5/c1-2-14(10-6-19-5-8(10)12(17)18)11(16)9-3-7(15)4-13-9/h7-10,13,15H,2-6H2,1H3,(H,17,18). The summed E-state index contributed by atoms with van der Waals surface area (Å²) in [6, 6.07) is -0.848. The van der Waals surface area contributed by atoms with Gasteiger partial charge in [0.05, 0.1) is 31.4 Å². The second-order valence-corrected chi connectivity index (χ2v) is 5.02. The molecular formula is C12H20N2O5. The summed E-state index contributed by atoms with van der Waals surface area (Å²) in [5.74, 6) is -1.76. The third-order valence-electron chi connectivity index (χ3n) is 3.80. The molecule has 0 aliphatic carbocycles. The summed E-state index contributed by atoms with van der Waals surface area (Å²) in [5.41, 5.74) is 0. The van der Waals surface area contributed by atoms with E-state index in [-0.39, 0.29) is 19.1 Å². The SMILES string of the molecule is CCN(C(=O)C1CC(O)CN1)C1COCC1C(=O)O. The molecule has 0 aromatic rings. The van der Waals surface area contributed by atoms with Crippen LogP contribution < -0.4 is 5.32 Å². The van der Waals surface area contributed by atoms with E-state index in [0.717, 1.165) is 0 Å². The molecule has 2 heterocycles. The Morgan fingerprint density at radius 3 is 2.68 bits per heavy atom. The Morgan fingerprint density at radius 1 is 1.42 bits per heavy atom. The van der Waals surface area contributed by atoms with Crippen molar-refractivity contribution in [2.75, 3.05) is 26.3 Å². The molecule has 4 unspecified atom stereocenters. The average molecular weight is 272 g/mol. The third kappa shape index (κ3) is 2.88. The van der Waals surface area contributed by atoms with E-state index in [1.165, 1.54) is 0 Å². The van der Waals surface area contributed by atoms with Crippen LogP contribution in [-0.4, -0.2) is 71.5 Å². The molecule has 2 aliphatic heterocycles. The number of amides is 1. The molecule has 2 saturated heterocycles. The lowest BCUT2D eigenvalue weighted by Gasteiger charge is -2.31. The first-order valence-electron chi connectivity index (χ1n) is 6.57. The van der Waals surface area contributed by atoms with Gasteiger partial charge in [-0.3, -0.25) is 9.59 Å². The molecule has 4 atom stereocenters. The number of β-amino-alcohol motifs (C(OH)–C–C–N with tert-alkyl or cyclic N) is 1. The van der Waals surface area contributed by atoms with Gasteiger partial charge in [0.2, 0.25) is 5.91 Å². The van der Waals surface area contributed by atoms with Crippen molar-refractivity contribution < 1.29 is 24.5 Å². The molecule has 0 saturated carbocycles. The number of nitrogens with one attached hydrogen (secondary N) is 1. The van der Waals surface area contributed by atoms with Gasteiger partial charge >= 0.3 is 5.97 Å². The van der Waals surface area contributed by atoms with Crippen molar-refractivity contribution >= 4 is 11.9 Å². The number of ether oxygens (including phenoxy) is 1. The number of hydrogen-bond acceptors (Lipinski definition) is 5. The Balaban J connectivity index is 2.06. The summed E-state index contributed by atoms with van der Waals surface area (Å²) < 4.78 is 5.20. The van der Waals surface area contributed by atoms with Crippen LogP contribution in [0.2, 0.25) is 0 Å². The van der Waals surface area contributed by atoms with Gasteiger partial charge in [0.15, 0.2) is 0 Å². The zero-order chi connectivity index (χ0) is 14.0. The molecule has 1 amide bonds. The fourth-order valence-corrected chi connectivity index (χ4v) is 2.75. The molecule has 3 N–H and O–H groups in total. The van der Waals surface area contributed by atoms with Crippen LogP contribution in [0, 0.1) is 5.92 Å². The van der Waals surface area contributed by atoms with E-state index in [4.69, 9.17) is 9.84 Å². The van der Waals surface area contributed by atoms with Gasteiger partial charge in [0, 0.05) is 13.1 Å². The minimum atomic E-state index is -0.937. The lowest BCUT2D eigenvalue weighted by Crippen LogP contribution is -2.52. The van der Waals surface area contributed by atoms with E-state index >= 15 is 0 Å². The van der Waals surface area contributed by atoms with Crippen LogP contribution in [0.4, 0.5) is 0 Å². The number of carboxylic acids is 1. The minimum absolute atomic E-state index is 0.143. The van der Waals surface area contributed by atoms with E-state index in [1.54, 1.807) is 4.90 Å². The van der Waals surface area contributed by atoms with Crippen LogP contribution in [0.3, 0.4) is 0 Å². The van der Waals surface area contributed by atoms with Crippen LogP contribution in [0.1, 0.15) is 13.3 Å². The molecule has 108 valence electrons. The molecule has 2 fully saturated rings. The Labute approximate surface area is 111 Å². The third-order valence-corrected chi connectivity index (χ3v) is 3.80. The lowest BCUT2D eigenvalue weighted by atomic mass is 10.0. The lowest BCUT2D eigenvalue weighted by molar-refractivity contribution is -0.145. The first-order valence-corrected chi connectivity index (χ1v) is 6.57. The number of carbonyl (C=O) groups is 2. The molecule has 7 heteroatoms. The van der Waals surface area contributed by atoms with E-state index in [9.17, 15) is 14.7 Å². The fourth-order valence-electron chi connectivity index (χ4n) is 2.75. The van der Waals surface area contributed by atoms with Crippen molar-refractivity contribution in [3.63, 3.8) is 0 Å². The van der Waals surface area contributed by atoms with Gasteiger partial charge in [-0.1, -0.05) is 0 Å². The van der Waals surface area contributed by atoms with Crippen LogP contribution in [-0.2, 0) is 14.3 Å². The van der Waals surface area contributed by atoms with Gasteiger partial charge in [-0.2, -0.15) is 0 Å². The molecule has 7 nitrogen and oxygen atoms in total. The van der Waals surface area contributed by atoms with Crippen molar-refractivity contribution in [2.24, 2.45) is 5.92 Å². The Hall–Kier alpha value is -1.18. The molecule has 0 bridgehead atoms. The second kappa shape index (κ2) is 5.85. The highest BCUT2D eigenvalue weighted by Gasteiger charge is 2.42. The zero-order valence-corrected chi connectivity index (χ0v) is 10.9. The predicted octanol–water partition coefficient (Wildman–Crippen LogP) is -1.34. The topological polar surface area (TPSA) is 99.1 Å². The van der Waals surface area contributed by atoms with Crippen LogP contribution in [0.5, 0.6) is 0 Å². The molecule has 0 aromatic carbocycles. The maximum Gasteiger partial charge on any atom is 0.311 e. The van der Waals surface area contributed by atoms with Gasteiger partial charge in [-0.05, 0) is 13.3 Å². The van der Waals surface area contributed by atoms with Crippen LogP contribution in [0.15, 0.2) is 0 Å². The fraction of sp³-hybridized carbons (Fsp3) is 0.833. The Bertz CT molecular complexity index is 362. The minimum Gasteiger partial charge on any atom is -0.481 e. The van der Waals surface area contributed by atoms with Crippen molar-refractivity contribution in [3.8, 4) is 0 Å². The van der Waals surface area contributed by atoms with Crippen LogP contribution in [0.25, 0.3) is 0 Å². The van der Waals surface area contributed by atoms with E-state index in [0.29, 0.717) is 19.5 Å². The molecular weight excluding hydrogens is 252 g/mol. The quantitative estimate of drug-likeness (QED) is 0.585. The number of carbonyl (C=O) groups excluding carboxylic acids is 1. The smallest absolute Gasteiger partial charge is 0.311 e.